The van der Waals surface area contributed by atoms with E-state index in [1.165, 1.54) is 66.2 Å². The van der Waals surface area contributed by atoms with Crippen LogP contribution < -0.4 is 4.90 Å². The van der Waals surface area contributed by atoms with E-state index >= 15 is 0 Å². The van der Waals surface area contributed by atoms with Crippen LogP contribution in [-0.4, -0.2) is 0 Å². The van der Waals surface area contributed by atoms with E-state index < -0.39 is 0 Å². The summed E-state index contributed by atoms with van der Waals surface area (Å²) in [5.74, 6) is 0.550. The number of benzene rings is 7. The molecular weight excluding hydrogens is 579 g/mol. The first-order valence-electron chi connectivity index (χ1n) is 17.3. The summed E-state index contributed by atoms with van der Waals surface area (Å²) < 4.78 is 0. The monoisotopic (exact) mass is 623 g/mol. The highest BCUT2D eigenvalue weighted by atomic mass is 15.1. The molecular formula is C47H45N. The van der Waals surface area contributed by atoms with Crippen molar-refractivity contribution in [2.45, 2.75) is 59.3 Å². The Morgan fingerprint density at radius 1 is 0.521 bits per heavy atom. The molecule has 48 heavy (non-hydrogen) atoms. The Kier molecular flexibility index (Phi) is 8.40. The molecule has 0 spiro atoms. The molecule has 1 heteroatoms. The highest BCUT2D eigenvalue weighted by Crippen LogP contribution is 2.43. The van der Waals surface area contributed by atoms with Crippen LogP contribution in [-0.2, 0) is 5.41 Å². The van der Waals surface area contributed by atoms with Crippen molar-refractivity contribution >= 4 is 38.6 Å². The standard InChI is InChI=1S/C47H45N/c1-7-33(3)35-19-25-38(26-20-35)48(37-23-16-32(2)17-24-37)39-27-21-36(22-28-39)41-29-31-46(44-15-11-9-13-42(41)44)47(5,6)45-30-18-34(4)40-12-8-10-14-43(40)45/h8-31,33H,7H2,1-6H3. The highest BCUT2D eigenvalue weighted by Gasteiger charge is 2.28. The van der Waals surface area contributed by atoms with Gasteiger partial charge in [0.1, 0.15) is 0 Å². The Labute approximate surface area is 286 Å². The van der Waals surface area contributed by atoms with E-state index in [1.807, 2.05) is 0 Å². The number of rotatable bonds is 8. The third kappa shape index (κ3) is 5.69. The largest absolute Gasteiger partial charge is 0.311 e. The van der Waals surface area contributed by atoms with Crippen LogP contribution in [0.3, 0.4) is 0 Å². The van der Waals surface area contributed by atoms with Gasteiger partial charge < -0.3 is 4.90 Å². The number of fused-ring (bicyclic) bond motifs is 2. The predicted molar refractivity (Wildman–Crippen MR) is 208 cm³/mol. The molecule has 0 bridgehead atoms. The van der Waals surface area contributed by atoms with Gasteiger partial charge in [0.05, 0.1) is 0 Å². The van der Waals surface area contributed by atoms with Gasteiger partial charge in [-0.3, -0.25) is 0 Å². The molecule has 0 saturated heterocycles. The predicted octanol–water partition coefficient (Wildman–Crippen LogP) is 13.6. The quantitative estimate of drug-likeness (QED) is 0.163. The summed E-state index contributed by atoms with van der Waals surface area (Å²) in [6, 6.07) is 54.1. The minimum Gasteiger partial charge on any atom is -0.311 e. The van der Waals surface area contributed by atoms with Crippen molar-refractivity contribution in [2.24, 2.45) is 0 Å². The summed E-state index contributed by atoms with van der Waals surface area (Å²) in [4.78, 5) is 2.36. The van der Waals surface area contributed by atoms with Gasteiger partial charge in [-0.1, -0.05) is 142 Å². The van der Waals surface area contributed by atoms with Crippen LogP contribution in [0.2, 0.25) is 0 Å². The Morgan fingerprint density at radius 3 is 1.58 bits per heavy atom. The lowest BCUT2D eigenvalue weighted by molar-refractivity contribution is 0.653. The fraction of sp³-hybridized carbons (Fsp3) is 0.191. The maximum absolute atomic E-state index is 2.37. The van der Waals surface area contributed by atoms with Crippen molar-refractivity contribution in [2.75, 3.05) is 4.90 Å². The fourth-order valence-corrected chi connectivity index (χ4v) is 7.35. The van der Waals surface area contributed by atoms with Crippen molar-refractivity contribution in [1.29, 1.82) is 0 Å². The van der Waals surface area contributed by atoms with Crippen molar-refractivity contribution in [3.8, 4) is 11.1 Å². The first-order chi connectivity index (χ1) is 23.3. The Morgan fingerprint density at radius 2 is 1.00 bits per heavy atom. The maximum atomic E-state index is 2.37. The second-order valence-electron chi connectivity index (χ2n) is 13.9. The molecule has 7 aromatic rings. The van der Waals surface area contributed by atoms with Gasteiger partial charge in [-0.05, 0) is 118 Å². The average molecular weight is 624 g/mol. The summed E-state index contributed by atoms with van der Waals surface area (Å²) in [7, 11) is 0. The minimum atomic E-state index is -0.186. The van der Waals surface area contributed by atoms with E-state index in [4.69, 9.17) is 0 Å². The Balaban J connectivity index is 1.29. The van der Waals surface area contributed by atoms with Crippen molar-refractivity contribution in [3.05, 3.63) is 173 Å². The van der Waals surface area contributed by atoms with E-state index in [-0.39, 0.29) is 5.41 Å². The number of hydrogen-bond acceptors (Lipinski definition) is 1. The van der Waals surface area contributed by atoms with Crippen LogP contribution in [0.15, 0.2) is 146 Å². The van der Waals surface area contributed by atoms with Crippen LogP contribution in [0, 0.1) is 13.8 Å². The van der Waals surface area contributed by atoms with E-state index in [0.29, 0.717) is 5.92 Å². The minimum absolute atomic E-state index is 0.186. The maximum Gasteiger partial charge on any atom is 0.0462 e. The molecule has 0 aliphatic carbocycles. The third-order valence-electron chi connectivity index (χ3n) is 10.5. The van der Waals surface area contributed by atoms with Crippen LogP contribution in [0.1, 0.15) is 67.9 Å². The normalized spacial score (nSPS) is 12.4. The topological polar surface area (TPSA) is 3.24 Å². The first kappa shape index (κ1) is 31.5. The molecule has 1 atom stereocenters. The lowest BCUT2D eigenvalue weighted by Gasteiger charge is -2.30. The number of anilines is 3. The number of aryl methyl sites for hydroxylation is 2. The molecule has 238 valence electrons. The molecule has 7 rings (SSSR count). The van der Waals surface area contributed by atoms with Crippen LogP contribution in [0.25, 0.3) is 32.7 Å². The molecule has 1 unspecified atom stereocenters. The third-order valence-corrected chi connectivity index (χ3v) is 10.5. The van der Waals surface area contributed by atoms with Crippen LogP contribution >= 0.6 is 0 Å². The summed E-state index contributed by atoms with van der Waals surface area (Å²) in [5, 5.41) is 5.24. The first-order valence-corrected chi connectivity index (χ1v) is 17.3. The zero-order valence-corrected chi connectivity index (χ0v) is 29.1. The van der Waals surface area contributed by atoms with Crippen molar-refractivity contribution in [3.63, 3.8) is 0 Å². The molecule has 0 heterocycles. The summed E-state index contributed by atoms with van der Waals surface area (Å²) in [6.45, 7) is 13.6. The smallest absolute Gasteiger partial charge is 0.0462 e. The Bertz CT molecular complexity index is 2200. The molecule has 0 aliphatic rings. The lowest BCUT2D eigenvalue weighted by Crippen LogP contribution is -2.20. The lowest BCUT2D eigenvalue weighted by atomic mass is 9.73. The summed E-state index contributed by atoms with van der Waals surface area (Å²) >= 11 is 0. The van der Waals surface area contributed by atoms with E-state index in [0.717, 1.165) is 17.8 Å². The second-order valence-corrected chi connectivity index (χ2v) is 13.9. The van der Waals surface area contributed by atoms with Gasteiger partial charge in [0.2, 0.25) is 0 Å². The number of hydrogen-bond donors (Lipinski definition) is 0. The zero-order valence-electron chi connectivity index (χ0n) is 29.1. The molecule has 0 amide bonds. The molecule has 0 N–H and O–H groups in total. The molecule has 0 radical (unpaired) electrons. The molecule has 0 aliphatic heterocycles. The number of nitrogens with zero attached hydrogens (tertiary/aromatic N) is 1. The zero-order chi connectivity index (χ0) is 33.4. The van der Waals surface area contributed by atoms with E-state index in [1.54, 1.807) is 0 Å². The van der Waals surface area contributed by atoms with Gasteiger partial charge in [-0.2, -0.15) is 0 Å². The molecule has 0 fully saturated rings. The van der Waals surface area contributed by atoms with Gasteiger partial charge in [-0.15, -0.1) is 0 Å². The van der Waals surface area contributed by atoms with Gasteiger partial charge in [0.25, 0.3) is 0 Å². The molecule has 7 aromatic carbocycles. The van der Waals surface area contributed by atoms with Gasteiger partial charge in [0, 0.05) is 22.5 Å². The summed E-state index contributed by atoms with van der Waals surface area (Å²) in [6.07, 6.45) is 1.14. The second kappa shape index (κ2) is 12.8. The van der Waals surface area contributed by atoms with Gasteiger partial charge in [-0.25, -0.2) is 0 Å². The molecule has 0 saturated carbocycles. The SMILES string of the molecule is CCC(C)c1ccc(N(c2ccc(C)cc2)c2ccc(-c3ccc(C(C)(C)c4ccc(C)c5ccccc45)c4ccccc34)cc2)cc1. The fourth-order valence-electron chi connectivity index (χ4n) is 7.35. The Hall–Kier alpha value is -5.14. The molecule has 0 aromatic heterocycles. The summed E-state index contributed by atoms with van der Waals surface area (Å²) in [5.41, 5.74) is 12.4. The van der Waals surface area contributed by atoms with Crippen LogP contribution in [0.5, 0.6) is 0 Å². The van der Waals surface area contributed by atoms with Gasteiger partial charge in [0.15, 0.2) is 0 Å². The molecule has 1 nitrogen and oxygen atoms in total. The average Bonchev–Trinajstić information content (AvgIpc) is 3.12. The van der Waals surface area contributed by atoms with Crippen LogP contribution in [0.4, 0.5) is 17.1 Å². The van der Waals surface area contributed by atoms with Crippen molar-refractivity contribution < 1.29 is 0 Å². The van der Waals surface area contributed by atoms with E-state index in [9.17, 15) is 0 Å². The van der Waals surface area contributed by atoms with Gasteiger partial charge >= 0.3 is 0 Å². The highest BCUT2D eigenvalue weighted by molar-refractivity contribution is 6.00. The van der Waals surface area contributed by atoms with Crippen molar-refractivity contribution in [1.82, 2.24) is 0 Å². The van der Waals surface area contributed by atoms with E-state index in [2.05, 4.69) is 192 Å².